The third-order valence-electron chi connectivity index (χ3n) is 4.22. The number of likely N-dealkylation sites (tertiary alicyclic amines) is 1. The Kier molecular flexibility index (Phi) is 4.79. The maximum Gasteiger partial charge on any atom is 0.142 e. The summed E-state index contributed by atoms with van der Waals surface area (Å²) in [6.45, 7) is 3.59. The standard InChI is InChI=1S/C17H20ClFN2O/c1-12-9-16(20-22-12)17-5-3-2-4-8-21(17)11-13-6-7-14(18)15(19)10-13/h6-7,9-10,17H,2-5,8,11H2,1H3/t17-/m1/s1. The molecule has 0 spiro atoms. The molecular weight excluding hydrogens is 303 g/mol. The van der Waals surface area contributed by atoms with E-state index in [1.54, 1.807) is 6.07 Å². The zero-order chi connectivity index (χ0) is 15.5. The first-order valence-corrected chi connectivity index (χ1v) is 8.12. The second-order valence-electron chi connectivity index (χ2n) is 5.95. The number of aryl methyl sites for hydroxylation is 1. The van der Waals surface area contributed by atoms with Crippen LogP contribution in [0.3, 0.4) is 0 Å². The monoisotopic (exact) mass is 322 g/mol. The van der Waals surface area contributed by atoms with E-state index < -0.39 is 0 Å². The maximum atomic E-state index is 13.7. The average Bonchev–Trinajstić information content (AvgIpc) is 2.79. The third-order valence-corrected chi connectivity index (χ3v) is 4.53. The maximum absolute atomic E-state index is 13.7. The number of benzene rings is 1. The zero-order valence-electron chi connectivity index (χ0n) is 12.7. The predicted molar refractivity (Wildman–Crippen MR) is 84.3 cm³/mol. The minimum atomic E-state index is -0.359. The molecule has 0 amide bonds. The van der Waals surface area contributed by atoms with Gasteiger partial charge >= 0.3 is 0 Å². The highest BCUT2D eigenvalue weighted by molar-refractivity contribution is 6.30. The highest BCUT2D eigenvalue weighted by Crippen LogP contribution is 2.31. The number of rotatable bonds is 3. The van der Waals surface area contributed by atoms with Gasteiger partial charge in [0.2, 0.25) is 0 Å². The summed E-state index contributed by atoms with van der Waals surface area (Å²) < 4.78 is 18.9. The van der Waals surface area contributed by atoms with Gasteiger partial charge in [0.1, 0.15) is 17.3 Å². The first kappa shape index (κ1) is 15.5. The Morgan fingerprint density at radius 1 is 1.32 bits per heavy atom. The van der Waals surface area contributed by atoms with Crippen molar-refractivity contribution >= 4 is 11.6 Å². The molecule has 118 valence electrons. The van der Waals surface area contributed by atoms with Crippen molar-refractivity contribution in [2.75, 3.05) is 6.54 Å². The molecule has 2 aromatic rings. The molecule has 3 rings (SSSR count). The smallest absolute Gasteiger partial charge is 0.142 e. The van der Waals surface area contributed by atoms with Crippen molar-refractivity contribution in [1.29, 1.82) is 0 Å². The minimum absolute atomic E-state index is 0.170. The fraction of sp³-hybridized carbons (Fsp3) is 0.471. The van der Waals surface area contributed by atoms with Crippen molar-refractivity contribution in [3.8, 4) is 0 Å². The van der Waals surface area contributed by atoms with Crippen molar-refractivity contribution in [3.05, 3.63) is 52.1 Å². The topological polar surface area (TPSA) is 29.3 Å². The molecule has 1 aromatic heterocycles. The third kappa shape index (κ3) is 3.50. The number of hydrogen-bond donors (Lipinski definition) is 0. The van der Waals surface area contributed by atoms with Gasteiger partial charge in [-0.15, -0.1) is 0 Å². The molecule has 3 nitrogen and oxygen atoms in total. The molecular formula is C17H20ClFN2O. The molecule has 0 N–H and O–H groups in total. The summed E-state index contributed by atoms with van der Waals surface area (Å²) in [5.74, 6) is 0.472. The average molecular weight is 323 g/mol. The Labute approximate surface area is 135 Å². The first-order valence-electron chi connectivity index (χ1n) is 7.74. The molecule has 1 aliphatic heterocycles. The number of halogens is 2. The molecule has 0 radical (unpaired) electrons. The minimum Gasteiger partial charge on any atom is -0.361 e. The van der Waals surface area contributed by atoms with E-state index in [9.17, 15) is 4.39 Å². The Morgan fingerprint density at radius 2 is 2.18 bits per heavy atom. The Bertz CT molecular complexity index is 643. The second kappa shape index (κ2) is 6.80. The van der Waals surface area contributed by atoms with Gasteiger partial charge in [-0.2, -0.15) is 0 Å². The lowest BCUT2D eigenvalue weighted by molar-refractivity contribution is 0.183. The van der Waals surface area contributed by atoms with Crippen LogP contribution in [0.4, 0.5) is 4.39 Å². The molecule has 0 bridgehead atoms. The van der Waals surface area contributed by atoms with Crippen LogP contribution in [0.2, 0.25) is 5.02 Å². The molecule has 0 saturated carbocycles. The highest BCUT2D eigenvalue weighted by Gasteiger charge is 2.25. The summed E-state index contributed by atoms with van der Waals surface area (Å²) >= 11 is 5.77. The number of aromatic nitrogens is 1. The molecule has 2 heterocycles. The normalized spacial score (nSPS) is 20.0. The lowest BCUT2D eigenvalue weighted by Gasteiger charge is -2.28. The van der Waals surface area contributed by atoms with Gasteiger partial charge in [-0.05, 0) is 44.0 Å². The van der Waals surface area contributed by atoms with Crippen molar-refractivity contribution in [2.24, 2.45) is 0 Å². The van der Waals surface area contributed by atoms with Gasteiger partial charge in [0, 0.05) is 12.6 Å². The van der Waals surface area contributed by atoms with Gasteiger partial charge in [0.15, 0.2) is 0 Å². The fourth-order valence-corrected chi connectivity index (χ4v) is 3.22. The second-order valence-corrected chi connectivity index (χ2v) is 6.35. The van der Waals surface area contributed by atoms with Crippen LogP contribution in [-0.4, -0.2) is 16.6 Å². The quantitative estimate of drug-likeness (QED) is 0.805. The SMILES string of the molecule is Cc1cc([C@H]2CCCCCN2Cc2ccc(Cl)c(F)c2)no1. The number of nitrogens with zero attached hydrogens (tertiary/aromatic N) is 2. The van der Waals surface area contributed by atoms with Crippen molar-refractivity contribution in [2.45, 2.75) is 45.2 Å². The lowest BCUT2D eigenvalue weighted by Crippen LogP contribution is -2.28. The van der Waals surface area contributed by atoms with Crippen LogP contribution >= 0.6 is 11.6 Å². The van der Waals surface area contributed by atoms with E-state index in [1.165, 1.54) is 18.9 Å². The van der Waals surface area contributed by atoms with Crippen LogP contribution in [0.15, 0.2) is 28.8 Å². The van der Waals surface area contributed by atoms with Gasteiger partial charge in [-0.25, -0.2) is 4.39 Å². The molecule has 1 fully saturated rings. The van der Waals surface area contributed by atoms with E-state index in [2.05, 4.69) is 10.1 Å². The molecule has 0 aliphatic carbocycles. The van der Waals surface area contributed by atoms with Gasteiger partial charge in [0.25, 0.3) is 0 Å². The van der Waals surface area contributed by atoms with Crippen molar-refractivity contribution in [3.63, 3.8) is 0 Å². The summed E-state index contributed by atoms with van der Waals surface area (Å²) in [6.07, 6.45) is 4.62. The first-order chi connectivity index (χ1) is 10.6. The summed E-state index contributed by atoms with van der Waals surface area (Å²) in [6, 6.07) is 7.28. The van der Waals surface area contributed by atoms with Crippen LogP contribution in [0.25, 0.3) is 0 Å². The van der Waals surface area contributed by atoms with E-state index in [1.807, 2.05) is 19.1 Å². The molecule has 22 heavy (non-hydrogen) atoms. The number of hydrogen-bond acceptors (Lipinski definition) is 3. The van der Waals surface area contributed by atoms with Gasteiger partial charge < -0.3 is 4.52 Å². The Hall–Kier alpha value is -1.39. The Balaban J connectivity index is 1.82. The summed E-state index contributed by atoms with van der Waals surface area (Å²) in [7, 11) is 0. The zero-order valence-corrected chi connectivity index (χ0v) is 13.4. The van der Waals surface area contributed by atoms with E-state index in [4.69, 9.17) is 16.1 Å². The van der Waals surface area contributed by atoms with E-state index in [0.717, 1.165) is 36.4 Å². The Morgan fingerprint density at radius 3 is 2.91 bits per heavy atom. The molecule has 1 aliphatic rings. The van der Waals surface area contributed by atoms with Crippen LogP contribution in [0.1, 0.15) is 48.7 Å². The van der Waals surface area contributed by atoms with Crippen molar-refractivity contribution in [1.82, 2.24) is 10.1 Å². The summed E-state index contributed by atoms with van der Waals surface area (Å²) in [4.78, 5) is 2.37. The van der Waals surface area contributed by atoms with Crippen LogP contribution in [-0.2, 0) is 6.54 Å². The van der Waals surface area contributed by atoms with Crippen LogP contribution in [0, 0.1) is 12.7 Å². The summed E-state index contributed by atoms with van der Waals surface area (Å²) in [5.41, 5.74) is 1.92. The molecule has 1 saturated heterocycles. The largest absolute Gasteiger partial charge is 0.361 e. The van der Waals surface area contributed by atoms with Crippen molar-refractivity contribution < 1.29 is 8.91 Å². The van der Waals surface area contributed by atoms with Gasteiger partial charge in [-0.3, -0.25) is 4.90 Å². The lowest BCUT2D eigenvalue weighted by atomic mass is 10.1. The summed E-state index contributed by atoms with van der Waals surface area (Å²) in [5, 5.41) is 4.36. The molecule has 1 aromatic carbocycles. The predicted octanol–water partition coefficient (Wildman–Crippen LogP) is 4.89. The highest BCUT2D eigenvalue weighted by atomic mass is 35.5. The van der Waals surface area contributed by atoms with Gasteiger partial charge in [-0.1, -0.05) is 35.7 Å². The molecule has 5 heteroatoms. The van der Waals surface area contributed by atoms with Crippen LogP contribution < -0.4 is 0 Å². The molecule has 1 atom stereocenters. The van der Waals surface area contributed by atoms with E-state index in [-0.39, 0.29) is 16.9 Å². The fourth-order valence-electron chi connectivity index (χ4n) is 3.11. The molecule has 0 unspecified atom stereocenters. The van der Waals surface area contributed by atoms with Gasteiger partial charge in [0.05, 0.1) is 11.1 Å². The van der Waals surface area contributed by atoms with E-state index in [0.29, 0.717) is 6.54 Å². The van der Waals surface area contributed by atoms with Crippen LogP contribution in [0.5, 0.6) is 0 Å². The van der Waals surface area contributed by atoms with E-state index >= 15 is 0 Å².